The summed E-state index contributed by atoms with van der Waals surface area (Å²) in [5.74, 6) is 0. The smallest absolute Gasteiger partial charge is 0.320 e. The first-order valence-corrected chi connectivity index (χ1v) is 7.55. The molecule has 5 heteroatoms. The fourth-order valence-corrected chi connectivity index (χ4v) is 2.94. The number of hydrogen-bond donors (Lipinski definition) is 1. The molecule has 1 N–H and O–H groups in total. The van der Waals surface area contributed by atoms with E-state index in [1.165, 1.54) is 31.4 Å². The summed E-state index contributed by atoms with van der Waals surface area (Å²) in [7, 11) is 1.95. The monoisotopic (exact) mass is 300 g/mol. The van der Waals surface area contributed by atoms with Crippen LogP contribution in [-0.2, 0) is 12.7 Å². The first-order valence-electron chi connectivity index (χ1n) is 7.55. The lowest BCUT2D eigenvalue weighted by Crippen LogP contribution is -2.40. The number of piperidine rings is 1. The number of alkyl halides is 3. The Kier molecular flexibility index (Phi) is 5.65. The fraction of sp³-hybridized carbons (Fsp3) is 0.625. The van der Waals surface area contributed by atoms with Crippen LogP contribution >= 0.6 is 0 Å². The van der Waals surface area contributed by atoms with Crippen molar-refractivity contribution in [3.63, 3.8) is 0 Å². The van der Waals surface area contributed by atoms with Crippen molar-refractivity contribution in [2.45, 2.75) is 44.4 Å². The van der Waals surface area contributed by atoms with Crippen LogP contribution in [0.15, 0.2) is 24.3 Å². The van der Waals surface area contributed by atoms with Gasteiger partial charge in [-0.3, -0.25) is 4.90 Å². The van der Waals surface area contributed by atoms with E-state index < -0.39 is 11.7 Å². The maximum atomic E-state index is 12.6. The third kappa shape index (κ3) is 4.71. The summed E-state index contributed by atoms with van der Waals surface area (Å²) in [6.45, 7) is 2.76. The van der Waals surface area contributed by atoms with Gasteiger partial charge in [-0.2, -0.15) is 13.2 Å². The minimum atomic E-state index is -4.25. The minimum absolute atomic E-state index is 0.536. The molecule has 1 fully saturated rings. The van der Waals surface area contributed by atoms with Crippen molar-refractivity contribution < 1.29 is 13.2 Å². The van der Waals surface area contributed by atoms with E-state index in [0.29, 0.717) is 6.04 Å². The van der Waals surface area contributed by atoms with E-state index in [2.05, 4.69) is 10.2 Å². The number of nitrogens with one attached hydrogen (secondary N) is 1. The highest BCUT2D eigenvalue weighted by atomic mass is 19.4. The molecule has 0 radical (unpaired) electrons. The molecule has 1 saturated heterocycles. The molecule has 1 atom stereocenters. The summed E-state index contributed by atoms with van der Waals surface area (Å²) in [5.41, 5.74) is 0.385. The van der Waals surface area contributed by atoms with Crippen molar-refractivity contribution in [2.24, 2.45) is 0 Å². The average Bonchev–Trinajstić information content (AvgIpc) is 2.46. The van der Waals surface area contributed by atoms with E-state index >= 15 is 0 Å². The molecule has 0 amide bonds. The summed E-state index contributed by atoms with van der Waals surface area (Å²) < 4.78 is 37.7. The van der Waals surface area contributed by atoms with Crippen LogP contribution in [0.5, 0.6) is 0 Å². The van der Waals surface area contributed by atoms with Gasteiger partial charge in [0.1, 0.15) is 0 Å². The maximum absolute atomic E-state index is 12.6. The summed E-state index contributed by atoms with van der Waals surface area (Å²) in [5, 5.41) is 3.17. The van der Waals surface area contributed by atoms with Crippen molar-refractivity contribution in [2.75, 3.05) is 20.1 Å². The first-order chi connectivity index (χ1) is 10.0. The molecule has 0 saturated carbocycles. The highest BCUT2D eigenvalue weighted by molar-refractivity contribution is 5.24. The predicted octanol–water partition coefficient (Wildman–Crippen LogP) is 3.67. The normalized spacial score (nSPS) is 20.7. The number of hydrogen-bond acceptors (Lipinski definition) is 2. The van der Waals surface area contributed by atoms with Gasteiger partial charge in [0.05, 0.1) is 5.56 Å². The van der Waals surface area contributed by atoms with Crippen molar-refractivity contribution in [3.05, 3.63) is 35.4 Å². The van der Waals surface area contributed by atoms with Gasteiger partial charge in [0.25, 0.3) is 0 Å². The molecule has 0 bridgehead atoms. The van der Waals surface area contributed by atoms with Crippen LogP contribution in [0, 0.1) is 0 Å². The summed E-state index contributed by atoms with van der Waals surface area (Å²) in [4.78, 5) is 2.41. The van der Waals surface area contributed by atoms with Gasteiger partial charge in [-0.05, 0) is 57.1 Å². The highest BCUT2D eigenvalue weighted by Gasteiger charge is 2.30. The molecule has 0 aromatic heterocycles. The van der Waals surface area contributed by atoms with Gasteiger partial charge < -0.3 is 5.32 Å². The van der Waals surface area contributed by atoms with Crippen LogP contribution in [0.2, 0.25) is 0 Å². The summed E-state index contributed by atoms with van der Waals surface area (Å²) in [6, 6.07) is 6.11. The molecule has 1 aromatic rings. The van der Waals surface area contributed by atoms with Gasteiger partial charge in [-0.25, -0.2) is 0 Å². The van der Waals surface area contributed by atoms with Crippen molar-refractivity contribution in [1.29, 1.82) is 0 Å². The second-order valence-corrected chi connectivity index (χ2v) is 5.71. The molecule has 0 spiro atoms. The Morgan fingerprint density at radius 3 is 2.52 bits per heavy atom. The van der Waals surface area contributed by atoms with Gasteiger partial charge in [0.2, 0.25) is 0 Å². The topological polar surface area (TPSA) is 15.3 Å². The van der Waals surface area contributed by atoms with E-state index in [-0.39, 0.29) is 0 Å². The Balaban J connectivity index is 1.98. The van der Waals surface area contributed by atoms with Gasteiger partial charge >= 0.3 is 6.18 Å². The molecule has 2 nitrogen and oxygen atoms in total. The molecule has 1 aliphatic rings. The van der Waals surface area contributed by atoms with E-state index in [9.17, 15) is 13.2 Å². The van der Waals surface area contributed by atoms with E-state index in [4.69, 9.17) is 0 Å². The van der Waals surface area contributed by atoms with Crippen molar-refractivity contribution >= 4 is 0 Å². The molecule has 2 rings (SSSR count). The van der Waals surface area contributed by atoms with E-state index in [0.717, 1.165) is 31.6 Å². The Labute approximate surface area is 124 Å². The van der Waals surface area contributed by atoms with E-state index in [1.54, 1.807) is 12.1 Å². The van der Waals surface area contributed by atoms with Gasteiger partial charge in [-0.15, -0.1) is 0 Å². The van der Waals surface area contributed by atoms with Crippen LogP contribution in [-0.4, -0.2) is 31.1 Å². The zero-order valence-electron chi connectivity index (χ0n) is 12.4. The fourth-order valence-electron chi connectivity index (χ4n) is 2.94. The molecule has 1 heterocycles. The lowest BCUT2D eigenvalue weighted by Gasteiger charge is -2.36. The Bertz CT molecular complexity index is 428. The second-order valence-electron chi connectivity index (χ2n) is 5.71. The largest absolute Gasteiger partial charge is 0.416 e. The average molecular weight is 300 g/mol. The molecule has 118 valence electrons. The molecule has 0 aliphatic carbocycles. The Morgan fingerprint density at radius 1 is 1.19 bits per heavy atom. The number of likely N-dealkylation sites (tertiary alicyclic amines) is 1. The highest BCUT2D eigenvalue weighted by Crippen LogP contribution is 2.29. The molecular weight excluding hydrogens is 277 g/mol. The maximum Gasteiger partial charge on any atom is 0.416 e. The molecule has 1 aliphatic heterocycles. The van der Waals surface area contributed by atoms with Crippen molar-refractivity contribution in [3.8, 4) is 0 Å². The second kappa shape index (κ2) is 7.27. The lowest BCUT2D eigenvalue weighted by molar-refractivity contribution is -0.137. The van der Waals surface area contributed by atoms with Gasteiger partial charge in [-0.1, -0.05) is 18.6 Å². The number of halogens is 3. The van der Waals surface area contributed by atoms with Crippen LogP contribution in [0.25, 0.3) is 0 Å². The van der Waals surface area contributed by atoms with E-state index in [1.807, 2.05) is 7.05 Å². The van der Waals surface area contributed by atoms with Crippen LogP contribution < -0.4 is 5.32 Å². The number of nitrogens with zero attached hydrogens (tertiary/aromatic N) is 1. The number of rotatable bonds is 5. The number of benzene rings is 1. The van der Waals surface area contributed by atoms with Crippen molar-refractivity contribution in [1.82, 2.24) is 10.2 Å². The van der Waals surface area contributed by atoms with Crippen LogP contribution in [0.3, 0.4) is 0 Å². The van der Waals surface area contributed by atoms with Gasteiger partial charge in [0.15, 0.2) is 0 Å². The van der Waals surface area contributed by atoms with Gasteiger partial charge in [0, 0.05) is 12.6 Å². The third-order valence-electron chi connectivity index (χ3n) is 4.14. The molecule has 21 heavy (non-hydrogen) atoms. The summed E-state index contributed by atoms with van der Waals surface area (Å²) >= 11 is 0. The standard InChI is InChI=1S/C16H23F3N2/c1-20-10-9-15-4-2-3-11-21(15)12-13-5-7-14(8-6-13)16(17,18)19/h5-8,15,20H,2-4,9-12H2,1H3. The van der Waals surface area contributed by atoms with Crippen LogP contribution in [0.1, 0.15) is 36.8 Å². The molecule has 1 unspecified atom stereocenters. The Morgan fingerprint density at radius 2 is 1.90 bits per heavy atom. The SMILES string of the molecule is CNCCC1CCCCN1Cc1ccc(C(F)(F)F)cc1. The first kappa shape index (κ1) is 16.3. The quantitative estimate of drug-likeness (QED) is 0.892. The lowest BCUT2D eigenvalue weighted by atomic mass is 9.98. The third-order valence-corrected chi connectivity index (χ3v) is 4.14. The summed E-state index contributed by atoms with van der Waals surface area (Å²) in [6.07, 6.45) is 0.451. The predicted molar refractivity (Wildman–Crippen MR) is 78.0 cm³/mol. The zero-order valence-corrected chi connectivity index (χ0v) is 12.4. The zero-order chi connectivity index (χ0) is 15.3. The Hall–Kier alpha value is -1.07. The molecular formula is C16H23F3N2. The van der Waals surface area contributed by atoms with Crippen LogP contribution in [0.4, 0.5) is 13.2 Å². The minimum Gasteiger partial charge on any atom is -0.320 e. The molecule has 1 aromatic carbocycles.